The van der Waals surface area contributed by atoms with Gasteiger partial charge in [-0.25, -0.2) is 0 Å². The van der Waals surface area contributed by atoms with Crippen LogP contribution in [0.15, 0.2) is 0 Å². The van der Waals surface area contributed by atoms with Gasteiger partial charge in [0.2, 0.25) is 0 Å². The Balaban J connectivity index is 0. The molecule has 0 radical (unpaired) electrons. The molecular formula is C24H52NaO3P. The quantitative estimate of drug-likeness (QED) is 0.0852. The molecule has 29 heavy (non-hydrogen) atoms. The van der Waals surface area contributed by atoms with Gasteiger partial charge in [-0.3, -0.25) is 4.57 Å². The Morgan fingerprint density at radius 2 is 0.690 bits per heavy atom. The molecule has 0 amide bonds. The summed E-state index contributed by atoms with van der Waals surface area (Å²) < 4.78 is 22.4. The summed E-state index contributed by atoms with van der Waals surface area (Å²) in [5.74, 6) is 0. The second-order valence-electron chi connectivity index (χ2n) is 8.31. The molecule has 3 nitrogen and oxygen atoms in total. The summed E-state index contributed by atoms with van der Waals surface area (Å²) in [4.78, 5) is 0. The van der Waals surface area contributed by atoms with E-state index in [1.807, 2.05) is 0 Å². The number of unbranched alkanes of at least 4 members (excludes halogenated alkanes) is 18. The second-order valence-corrected chi connectivity index (χ2v) is 9.39. The summed E-state index contributed by atoms with van der Waals surface area (Å²) in [6.45, 7) is 5.71. The SMILES string of the molecule is CCCCCCCCCCCCO[PH](=O)OCCCCCCCCCCCC.[NaH]. The summed E-state index contributed by atoms with van der Waals surface area (Å²) in [5, 5.41) is 0. The number of hydrogen-bond donors (Lipinski definition) is 0. The van der Waals surface area contributed by atoms with Crippen molar-refractivity contribution in [2.75, 3.05) is 13.2 Å². The molecule has 0 fully saturated rings. The van der Waals surface area contributed by atoms with Crippen molar-refractivity contribution in [1.29, 1.82) is 0 Å². The van der Waals surface area contributed by atoms with Gasteiger partial charge in [0.05, 0.1) is 13.2 Å². The molecule has 0 heterocycles. The number of rotatable bonds is 24. The third-order valence-corrected chi connectivity index (χ3v) is 6.32. The van der Waals surface area contributed by atoms with Crippen LogP contribution < -0.4 is 0 Å². The van der Waals surface area contributed by atoms with Crippen LogP contribution >= 0.6 is 8.25 Å². The molecule has 0 saturated carbocycles. The Kier molecular flexibility index (Phi) is 32.5. The summed E-state index contributed by atoms with van der Waals surface area (Å²) >= 11 is 0. The van der Waals surface area contributed by atoms with Crippen molar-refractivity contribution >= 4 is 37.8 Å². The molecule has 0 unspecified atom stereocenters. The molecule has 0 saturated heterocycles. The van der Waals surface area contributed by atoms with E-state index in [0.717, 1.165) is 12.8 Å². The monoisotopic (exact) mass is 442 g/mol. The van der Waals surface area contributed by atoms with Gasteiger partial charge in [0.25, 0.3) is 0 Å². The van der Waals surface area contributed by atoms with Crippen LogP contribution in [-0.4, -0.2) is 42.8 Å². The van der Waals surface area contributed by atoms with Gasteiger partial charge in [0.1, 0.15) is 0 Å². The van der Waals surface area contributed by atoms with E-state index in [1.54, 1.807) is 0 Å². The first-order chi connectivity index (χ1) is 13.8. The predicted octanol–water partition coefficient (Wildman–Crippen LogP) is 8.60. The third-order valence-electron chi connectivity index (χ3n) is 5.44. The van der Waals surface area contributed by atoms with E-state index in [4.69, 9.17) is 9.05 Å². The van der Waals surface area contributed by atoms with E-state index >= 15 is 0 Å². The van der Waals surface area contributed by atoms with Crippen LogP contribution in [0.5, 0.6) is 0 Å². The second kappa shape index (κ2) is 29.1. The summed E-state index contributed by atoms with van der Waals surface area (Å²) in [7, 11) is -2.26. The molecule has 0 rings (SSSR count). The van der Waals surface area contributed by atoms with Crippen LogP contribution in [0.1, 0.15) is 142 Å². The minimum atomic E-state index is -2.26. The van der Waals surface area contributed by atoms with Gasteiger partial charge in [-0.1, -0.05) is 129 Å². The van der Waals surface area contributed by atoms with E-state index in [0.29, 0.717) is 13.2 Å². The average molecular weight is 443 g/mol. The fraction of sp³-hybridized carbons (Fsp3) is 1.00. The van der Waals surface area contributed by atoms with Crippen molar-refractivity contribution in [3.63, 3.8) is 0 Å². The van der Waals surface area contributed by atoms with Gasteiger partial charge in [0.15, 0.2) is 0 Å². The van der Waals surface area contributed by atoms with Crippen molar-refractivity contribution in [3.8, 4) is 0 Å². The van der Waals surface area contributed by atoms with E-state index in [9.17, 15) is 4.57 Å². The topological polar surface area (TPSA) is 35.5 Å². The molecule has 0 spiro atoms. The zero-order valence-electron chi connectivity index (χ0n) is 19.3. The molecule has 0 aromatic heterocycles. The van der Waals surface area contributed by atoms with Gasteiger partial charge in [-0.2, -0.15) is 0 Å². The summed E-state index contributed by atoms with van der Waals surface area (Å²) in [6.07, 6.45) is 26.1. The summed E-state index contributed by atoms with van der Waals surface area (Å²) in [5.41, 5.74) is 0. The first-order valence-electron chi connectivity index (χ1n) is 12.6. The van der Waals surface area contributed by atoms with Crippen molar-refractivity contribution in [3.05, 3.63) is 0 Å². The molecule has 0 aliphatic rings. The van der Waals surface area contributed by atoms with Crippen LogP contribution in [0.2, 0.25) is 0 Å². The van der Waals surface area contributed by atoms with Crippen molar-refractivity contribution in [2.24, 2.45) is 0 Å². The van der Waals surface area contributed by atoms with Gasteiger partial charge < -0.3 is 9.05 Å². The Hall–Kier alpha value is 1.15. The standard InChI is InChI=1S/C24H51O3P.Na.H/c1-3-5-7-9-11-13-15-17-19-21-23-26-28(25)27-24-22-20-18-16-14-12-10-8-6-4-2;;/h28H,3-24H2,1-2H3;;. The van der Waals surface area contributed by atoms with Crippen molar-refractivity contribution < 1.29 is 13.6 Å². The molecule has 0 N–H and O–H groups in total. The van der Waals surface area contributed by atoms with Crippen molar-refractivity contribution in [1.82, 2.24) is 0 Å². The Morgan fingerprint density at radius 1 is 0.448 bits per heavy atom. The van der Waals surface area contributed by atoms with Gasteiger partial charge >= 0.3 is 37.8 Å². The van der Waals surface area contributed by atoms with Crippen molar-refractivity contribution in [2.45, 2.75) is 142 Å². The fourth-order valence-corrected chi connectivity index (χ4v) is 4.24. The molecule has 0 bridgehead atoms. The normalized spacial score (nSPS) is 11.1. The molecule has 0 aromatic rings. The molecule has 5 heteroatoms. The average Bonchev–Trinajstić information content (AvgIpc) is 2.70. The first-order valence-corrected chi connectivity index (χ1v) is 13.8. The Morgan fingerprint density at radius 3 is 0.966 bits per heavy atom. The van der Waals surface area contributed by atoms with E-state index in [1.165, 1.54) is 116 Å². The zero-order chi connectivity index (χ0) is 20.5. The maximum absolute atomic E-state index is 11.7. The van der Waals surface area contributed by atoms with E-state index in [2.05, 4.69) is 13.8 Å². The third kappa shape index (κ3) is 29.1. The minimum absolute atomic E-state index is 0. The molecule has 0 aromatic carbocycles. The number of hydrogen-bond acceptors (Lipinski definition) is 3. The molecule has 0 aliphatic heterocycles. The van der Waals surface area contributed by atoms with Crippen LogP contribution in [0.25, 0.3) is 0 Å². The maximum atomic E-state index is 11.7. The first kappa shape index (κ1) is 32.3. The Labute approximate surface area is 206 Å². The Bertz CT molecular complexity index is 289. The van der Waals surface area contributed by atoms with Crippen LogP contribution in [-0.2, 0) is 13.6 Å². The van der Waals surface area contributed by atoms with Gasteiger partial charge in [-0.05, 0) is 12.8 Å². The van der Waals surface area contributed by atoms with Crippen LogP contribution in [0.3, 0.4) is 0 Å². The van der Waals surface area contributed by atoms with E-state index < -0.39 is 8.25 Å². The van der Waals surface area contributed by atoms with Gasteiger partial charge in [0, 0.05) is 0 Å². The molecular weight excluding hydrogens is 390 g/mol. The predicted molar refractivity (Wildman–Crippen MR) is 132 cm³/mol. The van der Waals surface area contributed by atoms with E-state index in [-0.39, 0.29) is 29.6 Å². The van der Waals surface area contributed by atoms with Gasteiger partial charge in [-0.15, -0.1) is 0 Å². The summed E-state index contributed by atoms with van der Waals surface area (Å²) in [6, 6.07) is 0. The van der Waals surface area contributed by atoms with Crippen LogP contribution in [0, 0.1) is 0 Å². The molecule has 172 valence electrons. The fourth-order valence-electron chi connectivity index (χ4n) is 3.53. The molecule has 0 atom stereocenters. The zero-order valence-corrected chi connectivity index (χ0v) is 20.3. The van der Waals surface area contributed by atoms with Crippen LogP contribution in [0.4, 0.5) is 0 Å². The molecule has 0 aliphatic carbocycles.